The zero-order valence-corrected chi connectivity index (χ0v) is 15.5. The molecule has 1 amide bonds. The Kier molecular flexibility index (Phi) is 5.60. The van der Waals surface area contributed by atoms with Gasteiger partial charge in [-0.2, -0.15) is 5.26 Å². The number of nitrogen functional groups attached to an aromatic ring is 1. The van der Waals surface area contributed by atoms with Gasteiger partial charge in [0.1, 0.15) is 17.7 Å². The van der Waals surface area contributed by atoms with Gasteiger partial charge in [-0.3, -0.25) is 0 Å². The van der Waals surface area contributed by atoms with Crippen molar-refractivity contribution in [2.24, 2.45) is 0 Å². The highest BCUT2D eigenvalue weighted by atomic mass is 16.6. The Morgan fingerprint density at radius 2 is 2.00 bits per heavy atom. The number of benzene rings is 1. The minimum absolute atomic E-state index is 0.108. The lowest BCUT2D eigenvalue weighted by atomic mass is 10.1. The average molecular weight is 360 g/mol. The van der Waals surface area contributed by atoms with E-state index >= 15 is 0 Å². The number of nitrogens with zero attached hydrogens (tertiary/aromatic N) is 3. The van der Waals surface area contributed by atoms with Gasteiger partial charge >= 0.3 is 12.1 Å². The zero-order valence-electron chi connectivity index (χ0n) is 15.5. The third-order valence-corrected chi connectivity index (χ3v) is 3.96. The number of carbonyl (C=O) groups excluding carboxylic acids is 2. The molecule has 8 heteroatoms. The maximum Gasteiger partial charge on any atom is 0.410 e. The highest BCUT2D eigenvalue weighted by molar-refractivity contribution is 5.83. The number of esters is 1. The molecule has 1 aliphatic heterocycles. The summed E-state index contributed by atoms with van der Waals surface area (Å²) in [4.78, 5) is 27.9. The highest BCUT2D eigenvalue weighted by Gasteiger charge is 2.37. The van der Waals surface area contributed by atoms with E-state index in [1.165, 1.54) is 12.0 Å². The molecule has 1 aliphatic rings. The van der Waals surface area contributed by atoms with Crippen LogP contribution in [-0.4, -0.2) is 55.3 Å². The monoisotopic (exact) mass is 360 g/mol. The molecule has 0 saturated carbocycles. The molecule has 2 N–H and O–H groups in total. The van der Waals surface area contributed by atoms with Crippen molar-refractivity contribution < 1.29 is 19.1 Å². The molecule has 26 heavy (non-hydrogen) atoms. The molecule has 0 aromatic heterocycles. The third kappa shape index (κ3) is 4.36. The van der Waals surface area contributed by atoms with E-state index in [1.807, 2.05) is 0 Å². The van der Waals surface area contributed by atoms with Crippen LogP contribution in [0.5, 0.6) is 0 Å². The van der Waals surface area contributed by atoms with Gasteiger partial charge in [-0.15, -0.1) is 0 Å². The number of ether oxygens (including phenoxy) is 2. The van der Waals surface area contributed by atoms with Crippen molar-refractivity contribution in [3.05, 3.63) is 23.8 Å². The molecule has 140 valence electrons. The van der Waals surface area contributed by atoms with Crippen molar-refractivity contribution in [2.75, 3.05) is 37.4 Å². The summed E-state index contributed by atoms with van der Waals surface area (Å²) in [6, 6.07) is 6.29. The van der Waals surface area contributed by atoms with Crippen molar-refractivity contribution in [3.63, 3.8) is 0 Å². The molecule has 1 heterocycles. The fourth-order valence-electron chi connectivity index (χ4n) is 2.80. The minimum Gasteiger partial charge on any atom is -0.467 e. The van der Waals surface area contributed by atoms with Crippen LogP contribution in [0.3, 0.4) is 0 Å². The number of carbonyl (C=O) groups is 2. The predicted octanol–water partition coefficient (Wildman–Crippen LogP) is 1.74. The number of piperazine rings is 1. The molecule has 1 saturated heterocycles. The van der Waals surface area contributed by atoms with Crippen LogP contribution in [0.25, 0.3) is 0 Å². The molecule has 0 aliphatic carbocycles. The van der Waals surface area contributed by atoms with Crippen molar-refractivity contribution in [1.82, 2.24) is 4.90 Å². The van der Waals surface area contributed by atoms with Crippen molar-refractivity contribution in [1.29, 1.82) is 5.26 Å². The largest absolute Gasteiger partial charge is 0.467 e. The van der Waals surface area contributed by atoms with Crippen LogP contribution in [-0.2, 0) is 14.3 Å². The summed E-state index contributed by atoms with van der Waals surface area (Å²) in [6.45, 7) is 6.18. The van der Waals surface area contributed by atoms with Crippen LogP contribution in [0.1, 0.15) is 26.3 Å². The minimum atomic E-state index is -0.739. The van der Waals surface area contributed by atoms with Gasteiger partial charge in [-0.1, -0.05) is 0 Å². The van der Waals surface area contributed by atoms with Crippen LogP contribution in [0, 0.1) is 11.3 Å². The number of rotatable bonds is 2. The summed E-state index contributed by atoms with van der Waals surface area (Å²) in [7, 11) is 1.29. The average Bonchev–Trinajstić information content (AvgIpc) is 2.59. The second-order valence-corrected chi connectivity index (χ2v) is 7.05. The molecule has 1 aromatic rings. The van der Waals surface area contributed by atoms with E-state index in [0.29, 0.717) is 30.0 Å². The van der Waals surface area contributed by atoms with Crippen LogP contribution in [0.4, 0.5) is 16.2 Å². The van der Waals surface area contributed by atoms with E-state index in [4.69, 9.17) is 15.2 Å². The first kappa shape index (κ1) is 19.4. The molecule has 0 bridgehead atoms. The van der Waals surface area contributed by atoms with Crippen LogP contribution in [0.2, 0.25) is 0 Å². The number of amides is 1. The topological polar surface area (TPSA) is 109 Å². The molecule has 1 atom stereocenters. The van der Waals surface area contributed by atoms with Gasteiger partial charge in [0.15, 0.2) is 0 Å². The fourth-order valence-corrected chi connectivity index (χ4v) is 2.80. The van der Waals surface area contributed by atoms with Crippen LogP contribution in [0.15, 0.2) is 18.2 Å². The summed E-state index contributed by atoms with van der Waals surface area (Å²) >= 11 is 0. The summed E-state index contributed by atoms with van der Waals surface area (Å²) in [6.07, 6.45) is -0.483. The highest BCUT2D eigenvalue weighted by Crippen LogP contribution is 2.27. The van der Waals surface area contributed by atoms with Gasteiger partial charge < -0.3 is 25.0 Å². The smallest absolute Gasteiger partial charge is 0.410 e. The van der Waals surface area contributed by atoms with Gasteiger partial charge in [-0.25, -0.2) is 9.59 Å². The lowest BCUT2D eigenvalue weighted by molar-refractivity contribution is -0.143. The third-order valence-electron chi connectivity index (χ3n) is 3.96. The number of hydrogen-bond acceptors (Lipinski definition) is 7. The van der Waals surface area contributed by atoms with E-state index < -0.39 is 23.7 Å². The zero-order chi connectivity index (χ0) is 19.5. The maximum atomic E-state index is 12.3. The molecule has 2 rings (SSSR count). The fraction of sp³-hybridized carbons (Fsp3) is 0.500. The molecule has 1 unspecified atom stereocenters. The van der Waals surface area contributed by atoms with Crippen molar-refractivity contribution >= 4 is 23.4 Å². The number of methoxy groups -OCH3 is 1. The Balaban J connectivity index is 2.29. The Bertz CT molecular complexity index is 736. The Morgan fingerprint density at radius 3 is 2.58 bits per heavy atom. The molecular formula is C18H24N4O4. The van der Waals surface area contributed by atoms with Gasteiger partial charge in [0.2, 0.25) is 0 Å². The van der Waals surface area contributed by atoms with E-state index in [2.05, 4.69) is 6.07 Å². The molecule has 0 spiro atoms. The molecule has 8 nitrogen and oxygen atoms in total. The lowest BCUT2D eigenvalue weighted by Crippen LogP contribution is -2.59. The quantitative estimate of drug-likeness (QED) is 0.632. The van der Waals surface area contributed by atoms with E-state index in [0.717, 1.165) is 0 Å². The number of nitriles is 1. The first-order valence-corrected chi connectivity index (χ1v) is 8.28. The SMILES string of the molecule is COC(=O)C1CN(C(=O)OC(C)(C)C)CCN1c1ccc(N)cc1C#N. The lowest BCUT2D eigenvalue weighted by Gasteiger charge is -2.41. The Hall–Kier alpha value is -2.95. The van der Waals surface area contributed by atoms with Crippen molar-refractivity contribution in [2.45, 2.75) is 32.4 Å². The van der Waals surface area contributed by atoms with Crippen molar-refractivity contribution in [3.8, 4) is 6.07 Å². The summed E-state index contributed by atoms with van der Waals surface area (Å²) < 4.78 is 10.3. The van der Waals surface area contributed by atoms with Gasteiger partial charge in [-0.05, 0) is 39.0 Å². The van der Waals surface area contributed by atoms with Crippen LogP contribution < -0.4 is 10.6 Å². The first-order chi connectivity index (χ1) is 12.2. The standard InChI is InChI=1S/C18H24N4O4/c1-18(2,3)26-17(24)21-7-8-22(15(11-21)16(23)25-4)14-6-5-13(20)9-12(14)10-19/h5-6,9,15H,7-8,11,20H2,1-4H3. The summed E-state index contributed by atoms with van der Waals surface area (Å²) in [5, 5.41) is 9.39. The van der Waals surface area contributed by atoms with E-state index in [-0.39, 0.29) is 6.54 Å². The van der Waals surface area contributed by atoms with Gasteiger partial charge in [0, 0.05) is 18.8 Å². The normalized spacial score (nSPS) is 17.4. The molecule has 0 radical (unpaired) electrons. The number of anilines is 2. The Labute approximate surface area is 153 Å². The second-order valence-electron chi connectivity index (χ2n) is 7.05. The van der Waals surface area contributed by atoms with Crippen LogP contribution >= 0.6 is 0 Å². The van der Waals surface area contributed by atoms with E-state index in [9.17, 15) is 14.9 Å². The van der Waals surface area contributed by atoms with Gasteiger partial charge in [0.05, 0.1) is 24.9 Å². The number of hydrogen-bond donors (Lipinski definition) is 1. The predicted molar refractivity (Wildman–Crippen MR) is 96.5 cm³/mol. The molecule has 1 aromatic carbocycles. The molecule has 1 fully saturated rings. The molecular weight excluding hydrogens is 336 g/mol. The first-order valence-electron chi connectivity index (χ1n) is 8.28. The van der Waals surface area contributed by atoms with E-state index in [1.54, 1.807) is 43.9 Å². The number of nitrogens with two attached hydrogens (primary N) is 1. The Morgan fingerprint density at radius 1 is 1.31 bits per heavy atom. The summed E-state index contributed by atoms with van der Waals surface area (Å²) in [5.74, 6) is -0.487. The van der Waals surface area contributed by atoms with Gasteiger partial charge in [0.25, 0.3) is 0 Å². The maximum absolute atomic E-state index is 12.3. The summed E-state index contributed by atoms with van der Waals surface area (Å²) in [5.41, 5.74) is 6.53. The second kappa shape index (κ2) is 7.52.